The zero-order chi connectivity index (χ0) is 20.1. The number of nitrogens with zero attached hydrogens (tertiary/aromatic N) is 2. The van der Waals surface area contributed by atoms with Gasteiger partial charge in [0.1, 0.15) is 0 Å². The standard InChI is InChI=1S/C20H28N4O4.ClH/c1-2-15-7-8-16(11-18(15)24(27)28)20(26)23-10-4-5-14(13-23)12-22-19(25)17-6-3-9-21-17;/h7-8,11,14,17,21H,2-6,9-10,12-13H2,1H3,(H,22,25);1H. The van der Waals surface area contributed by atoms with Gasteiger partial charge in [-0.1, -0.05) is 13.0 Å². The summed E-state index contributed by atoms with van der Waals surface area (Å²) in [5, 5.41) is 17.5. The number of nitro groups is 1. The van der Waals surface area contributed by atoms with E-state index in [-0.39, 0.29) is 41.9 Å². The van der Waals surface area contributed by atoms with Gasteiger partial charge in [0, 0.05) is 36.8 Å². The molecule has 0 spiro atoms. The van der Waals surface area contributed by atoms with E-state index in [0.29, 0.717) is 37.2 Å². The van der Waals surface area contributed by atoms with Crippen LogP contribution >= 0.6 is 12.4 Å². The Kier molecular flexibility index (Phi) is 8.40. The lowest BCUT2D eigenvalue weighted by Crippen LogP contribution is -2.46. The third kappa shape index (κ3) is 5.67. The number of piperidine rings is 1. The topological polar surface area (TPSA) is 105 Å². The van der Waals surface area contributed by atoms with Crippen molar-refractivity contribution < 1.29 is 14.5 Å². The highest BCUT2D eigenvalue weighted by molar-refractivity contribution is 5.95. The summed E-state index contributed by atoms with van der Waals surface area (Å²) in [5.41, 5.74) is 0.975. The van der Waals surface area contributed by atoms with Gasteiger partial charge >= 0.3 is 0 Å². The molecule has 2 fully saturated rings. The van der Waals surface area contributed by atoms with Gasteiger partial charge in [-0.15, -0.1) is 12.4 Å². The molecule has 8 nitrogen and oxygen atoms in total. The van der Waals surface area contributed by atoms with Crippen LogP contribution in [-0.4, -0.2) is 53.9 Å². The summed E-state index contributed by atoms with van der Waals surface area (Å²) in [4.78, 5) is 37.6. The van der Waals surface area contributed by atoms with E-state index in [0.717, 1.165) is 32.2 Å². The quantitative estimate of drug-likeness (QED) is 0.538. The van der Waals surface area contributed by atoms with E-state index in [2.05, 4.69) is 10.6 Å². The molecule has 2 amide bonds. The molecule has 2 aliphatic heterocycles. The summed E-state index contributed by atoms with van der Waals surface area (Å²) in [6, 6.07) is 4.63. The fourth-order valence-electron chi connectivity index (χ4n) is 4.04. The van der Waals surface area contributed by atoms with Crippen molar-refractivity contribution in [2.45, 2.75) is 45.1 Å². The fraction of sp³-hybridized carbons (Fsp3) is 0.600. The molecule has 29 heavy (non-hydrogen) atoms. The molecule has 2 heterocycles. The molecular weight excluding hydrogens is 396 g/mol. The van der Waals surface area contributed by atoms with Crippen LogP contribution in [0.15, 0.2) is 18.2 Å². The van der Waals surface area contributed by atoms with Crippen LogP contribution in [0.25, 0.3) is 0 Å². The first-order chi connectivity index (χ1) is 13.5. The maximum absolute atomic E-state index is 12.9. The van der Waals surface area contributed by atoms with E-state index in [1.54, 1.807) is 17.0 Å². The largest absolute Gasteiger partial charge is 0.354 e. The van der Waals surface area contributed by atoms with Crippen molar-refractivity contribution in [1.82, 2.24) is 15.5 Å². The molecule has 0 radical (unpaired) electrons. The molecular formula is C20H29ClN4O4. The van der Waals surface area contributed by atoms with E-state index >= 15 is 0 Å². The van der Waals surface area contributed by atoms with Crippen molar-refractivity contribution in [3.63, 3.8) is 0 Å². The maximum Gasteiger partial charge on any atom is 0.273 e. The van der Waals surface area contributed by atoms with Crippen molar-refractivity contribution in [3.05, 3.63) is 39.4 Å². The number of nitro benzene ring substituents is 1. The normalized spacial score (nSPS) is 21.3. The fourth-order valence-corrected chi connectivity index (χ4v) is 4.04. The monoisotopic (exact) mass is 424 g/mol. The number of likely N-dealkylation sites (tertiary alicyclic amines) is 1. The number of hydrogen-bond acceptors (Lipinski definition) is 5. The Morgan fingerprint density at radius 2 is 2.10 bits per heavy atom. The molecule has 2 N–H and O–H groups in total. The lowest BCUT2D eigenvalue weighted by molar-refractivity contribution is -0.385. The summed E-state index contributed by atoms with van der Waals surface area (Å²) < 4.78 is 0. The van der Waals surface area contributed by atoms with E-state index < -0.39 is 4.92 Å². The highest BCUT2D eigenvalue weighted by atomic mass is 35.5. The predicted molar refractivity (Wildman–Crippen MR) is 112 cm³/mol. The van der Waals surface area contributed by atoms with Gasteiger partial charge in [0.15, 0.2) is 0 Å². The molecule has 3 rings (SSSR count). The van der Waals surface area contributed by atoms with Crippen molar-refractivity contribution in [2.24, 2.45) is 5.92 Å². The molecule has 1 aromatic carbocycles. The molecule has 2 atom stereocenters. The first kappa shape index (κ1) is 23.1. The number of nitrogens with one attached hydrogen (secondary N) is 2. The first-order valence-corrected chi connectivity index (χ1v) is 10.1. The second-order valence-corrected chi connectivity index (χ2v) is 7.61. The summed E-state index contributed by atoms with van der Waals surface area (Å²) in [7, 11) is 0. The number of benzene rings is 1. The van der Waals surface area contributed by atoms with Crippen LogP contribution in [-0.2, 0) is 11.2 Å². The Balaban J connectivity index is 0.00000300. The second-order valence-electron chi connectivity index (χ2n) is 7.61. The second kappa shape index (κ2) is 10.5. The van der Waals surface area contributed by atoms with Crippen LogP contribution in [0.5, 0.6) is 0 Å². The molecule has 2 aliphatic rings. The van der Waals surface area contributed by atoms with Crippen LogP contribution in [0.3, 0.4) is 0 Å². The molecule has 160 valence electrons. The molecule has 0 aromatic heterocycles. The third-order valence-electron chi connectivity index (χ3n) is 5.66. The van der Waals surface area contributed by atoms with E-state index in [4.69, 9.17) is 0 Å². The van der Waals surface area contributed by atoms with E-state index in [1.165, 1.54) is 6.07 Å². The van der Waals surface area contributed by atoms with Crippen molar-refractivity contribution >= 4 is 29.9 Å². The van der Waals surface area contributed by atoms with Gasteiger partial charge in [-0.05, 0) is 50.6 Å². The lowest BCUT2D eigenvalue weighted by atomic mass is 9.96. The number of halogens is 1. The van der Waals surface area contributed by atoms with Gasteiger partial charge < -0.3 is 15.5 Å². The van der Waals surface area contributed by atoms with Gasteiger partial charge in [0.2, 0.25) is 5.91 Å². The Morgan fingerprint density at radius 1 is 1.31 bits per heavy atom. The van der Waals surface area contributed by atoms with Crippen LogP contribution in [0.4, 0.5) is 5.69 Å². The molecule has 0 saturated carbocycles. The smallest absolute Gasteiger partial charge is 0.273 e. The maximum atomic E-state index is 12.9. The summed E-state index contributed by atoms with van der Waals surface area (Å²) in [5.74, 6) is 0.0546. The first-order valence-electron chi connectivity index (χ1n) is 10.1. The van der Waals surface area contributed by atoms with Crippen molar-refractivity contribution in [1.29, 1.82) is 0 Å². The molecule has 1 aromatic rings. The van der Waals surface area contributed by atoms with Crippen molar-refractivity contribution in [3.8, 4) is 0 Å². The van der Waals surface area contributed by atoms with Gasteiger partial charge in [-0.2, -0.15) is 0 Å². The van der Waals surface area contributed by atoms with E-state index in [1.807, 2.05) is 6.92 Å². The lowest BCUT2D eigenvalue weighted by Gasteiger charge is -2.33. The third-order valence-corrected chi connectivity index (χ3v) is 5.66. The minimum Gasteiger partial charge on any atom is -0.354 e. The number of carbonyl (C=O) groups is 2. The molecule has 2 saturated heterocycles. The van der Waals surface area contributed by atoms with Crippen LogP contribution < -0.4 is 10.6 Å². The number of aryl methyl sites for hydroxylation is 1. The van der Waals surface area contributed by atoms with Crippen LogP contribution in [0.1, 0.15) is 48.5 Å². The average molecular weight is 425 g/mol. The Morgan fingerprint density at radius 3 is 2.76 bits per heavy atom. The minimum absolute atomic E-state index is 0. The number of rotatable bonds is 6. The van der Waals surface area contributed by atoms with Gasteiger partial charge in [-0.3, -0.25) is 19.7 Å². The summed E-state index contributed by atoms with van der Waals surface area (Å²) in [6.45, 7) is 4.48. The summed E-state index contributed by atoms with van der Waals surface area (Å²) in [6.07, 6.45) is 4.26. The molecule has 9 heteroatoms. The predicted octanol–water partition coefficient (Wildman–Crippen LogP) is 2.30. The average Bonchev–Trinajstić information content (AvgIpc) is 3.26. The molecule has 0 aliphatic carbocycles. The van der Waals surface area contributed by atoms with Crippen LogP contribution in [0.2, 0.25) is 0 Å². The number of amides is 2. The highest BCUT2D eigenvalue weighted by Gasteiger charge is 2.28. The minimum atomic E-state index is -0.429. The highest BCUT2D eigenvalue weighted by Crippen LogP contribution is 2.24. The number of carbonyl (C=O) groups excluding carboxylic acids is 2. The summed E-state index contributed by atoms with van der Waals surface area (Å²) >= 11 is 0. The Labute approximate surface area is 177 Å². The van der Waals surface area contributed by atoms with Gasteiger partial charge in [-0.25, -0.2) is 0 Å². The Bertz CT molecular complexity index is 752. The van der Waals surface area contributed by atoms with Gasteiger partial charge in [0.05, 0.1) is 11.0 Å². The Hall–Kier alpha value is -2.19. The van der Waals surface area contributed by atoms with Crippen LogP contribution in [0, 0.1) is 16.0 Å². The molecule has 2 unspecified atom stereocenters. The van der Waals surface area contributed by atoms with E-state index in [9.17, 15) is 19.7 Å². The zero-order valence-electron chi connectivity index (χ0n) is 16.7. The number of hydrogen-bond donors (Lipinski definition) is 2. The van der Waals surface area contributed by atoms with Crippen molar-refractivity contribution in [2.75, 3.05) is 26.2 Å². The van der Waals surface area contributed by atoms with Gasteiger partial charge in [0.25, 0.3) is 11.6 Å². The molecule has 0 bridgehead atoms. The zero-order valence-corrected chi connectivity index (χ0v) is 17.5. The SMILES string of the molecule is CCc1ccc(C(=O)N2CCCC(CNC(=O)C3CCCN3)C2)cc1[N+](=O)[O-].Cl.